The molecule has 1 aromatic heterocycles. The van der Waals surface area contributed by atoms with Crippen molar-refractivity contribution in [1.29, 1.82) is 0 Å². The largest absolute Gasteiger partial charge is 0.448 e. The number of hydrogen-bond acceptors (Lipinski definition) is 9. The number of aromatic nitrogens is 1. The first-order valence-corrected chi connectivity index (χ1v) is 17.3. The van der Waals surface area contributed by atoms with Gasteiger partial charge in [-0.05, 0) is 98.9 Å². The molecule has 4 rings (SSSR count). The van der Waals surface area contributed by atoms with Gasteiger partial charge in [-0.3, -0.25) is 5.32 Å². The van der Waals surface area contributed by atoms with Crippen LogP contribution in [0, 0.1) is 0 Å². The van der Waals surface area contributed by atoms with Gasteiger partial charge in [-0.15, -0.1) is 11.3 Å². The minimum atomic E-state index is -3.95. The molecule has 2 heterocycles. The van der Waals surface area contributed by atoms with Crippen LogP contribution in [0.1, 0.15) is 91.5 Å². The maximum atomic E-state index is 13.6. The summed E-state index contributed by atoms with van der Waals surface area (Å²) in [4.78, 5) is 32.2. The Morgan fingerprint density at radius 2 is 1.82 bits per heavy atom. The number of anilines is 1. The first kappa shape index (κ1) is 35.7. The first-order valence-electron chi connectivity index (χ1n) is 15.0. The maximum absolute atomic E-state index is 13.6. The van der Waals surface area contributed by atoms with E-state index < -0.39 is 21.7 Å². The summed E-state index contributed by atoms with van der Waals surface area (Å²) in [7, 11) is -1.94. The number of benzene rings is 1. The molecule has 0 radical (unpaired) electrons. The van der Waals surface area contributed by atoms with Gasteiger partial charge in [0.1, 0.15) is 6.61 Å². The van der Waals surface area contributed by atoms with E-state index in [1.165, 1.54) is 17.4 Å². The average molecular weight is 652 g/mol. The molecule has 2 aromatic rings. The lowest BCUT2D eigenvalue weighted by Crippen LogP contribution is -2.40. The van der Waals surface area contributed by atoms with E-state index in [0.29, 0.717) is 11.3 Å². The lowest BCUT2D eigenvalue weighted by atomic mass is 9.86. The molecule has 0 bridgehead atoms. The van der Waals surface area contributed by atoms with Crippen LogP contribution in [0.25, 0.3) is 10.4 Å². The summed E-state index contributed by atoms with van der Waals surface area (Å²) in [5.74, 6) is 0.222. The van der Waals surface area contributed by atoms with Crippen LogP contribution in [0.4, 0.5) is 15.3 Å². The molecule has 13 heteroatoms. The molecule has 1 aliphatic carbocycles. The van der Waals surface area contributed by atoms with E-state index in [4.69, 9.17) is 9.47 Å². The molecule has 1 saturated heterocycles. The molecule has 2 aliphatic rings. The van der Waals surface area contributed by atoms with Gasteiger partial charge in [0.25, 0.3) is 0 Å². The molecule has 44 heavy (non-hydrogen) atoms. The fourth-order valence-corrected chi connectivity index (χ4v) is 8.36. The molecule has 1 aromatic carbocycles. The van der Waals surface area contributed by atoms with Crippen molar-refractivity contribution in [2.24, 2.45) is 0 Å². The van der Waals surface area contributed by atoms with E-state index >= 15 is 0 Å². The Morgan fingerprint density at radius 1 is 1.11 bits per heavy atom. The molecule has 1 aliphatic heterocycles. The number of sulfonamides is 1. The number of carbonyl (C=O) groups is 2. The van der Waals surface area contributed by atoms with Crippen molar-refractivity contribution < 1.29 is 27.5 Å². The van der Waals surface area contributed by atoms with E-state index in [2.05, 4.69) is 25.2 Å². The van der Waals surface area contributed by atoms with Crippen LogP contribution in [0.3, 0.4) is 0 Å². The third-order valence-corrected chi connectivity index (χ3v) is 10.6. The van der Waals surface area contributed by atoms with Crippen LogP contribution in [0.15, 0.2) is 29.3 Å². The van der Waals surface area contributed by atoms with Crippen LogP contribution in [-0.2, 0) is 19.5 Å². The number of likely N-dealkylation sites (tertiary alicyclic amines) is 1. The van der Waals surface area contributed by atoms with E-state index in [1.807, 2.05) is 20.9 Å². The van der Waals surface area contributed by atoms with Crippen LogP contribution >= 0.6 is 11.3 Å². The lowest BCUT2D eigenvalue weighted by Gasteiger charge is -2.28. The number of hydrogen-bond donors (Lipinski definition) is 3. The zero-order valence-corrected chi connectivity index (χ0v) is 27.6. The van der Waals surface area contributed by atoms with Crippen molar-refractivity contribution in [3.05, 3.63) is 29.4 Å². The fraction of sp³-hybridized carbons (Fsp3) is 0.645. The van der Waals surface area contributed by atoms with Gasteiger partial charge in [0.05, 0.1) is 20.9 Å². The van der Waals surface area contributed by atoms with E-state index in [1.54, 1.807) is 39.1 Å². The van der Waals surface area contributed by atoms with E-state index in [9.17, 15) is 18.0 Å². The van der Waals surface area contributed by atoms with Gasteiger partial charge in [-0.25, -0.2) is 27.7 Å². The zero-order valence-electron chi connectivity index (χ0n) is 25.9. The average Bonchev–Trinajstić information content (AvgIpc) is 3.55. The smallest absolute Gasteiger partial charge is 0.411 e. The highest BCUT2D eigenvalue weighted by atomic mass is 32.2. The Balaban J connectivity index is 0.00000529. The van der Waals surface area contributed by atoms with Gasteiger partial charge in [0.2, 0.25) is 10.0 Å². The van der Waals surface area contributed by atoms with Gasteiger partial charge in [-0.1, -0.05) is 13.5 Å². The van der Waals surface area contributed by atoms with Crippen molar-refractivity contribution >= 4 is 39.2 Å². The second kappa shape index (κ2) is 15.0. The highest BCUT2D eigenvalue weighted by Crippen LogP contribution is 2.40. The maximum Gasteiger partial charge on any atom is 0.411 e. The monoisotopic (exact) mass is 651 g/mol. The molecule has 1 saturated carbocycles. The second-order valence-corrected chi connectivity index (χ2v) is 15.5. The fourth-order valence-electron chi connectivity index (χ4n) is 5.50. The second-order valence-electron chi connectivity index (χ2n) is 12.8. The molecule has 0 spiro atoms. The normalized spacial score (nSPS) is 21.0. The van der Waals surface area contributed by atoms with Gasteiger partial charge in [0.15, 0.2) is 0 Å². The third-order valence-electron chi connectivity index (χ3n) is 7.57. The minimum Gasteiger partial charge on any atom is -0.448 e. The summed E-state index contributed by atoms with van der Waals surface area (Å²) >= 11 is 1.47. The molecular formula is C31H49N5O6S2. The highest BCUT2D eigenvalue weighted by molar-refractivity contribution is 7.89. The van der Waals surface area contributed by atoms with Crippen LogP contribution in [0.5, 0.6) is 0 Å². The summed E-state index contributed by atoms with van der Waals surface area (Å²) in [6, 6.07) is 5.11. The van der Waals surface area contributed by atoms with Crippen molar-refractivity contribution in [1.82, 2.24) is 19.9 Å². The number of nitrogens with zero attached hydrogens (tertiary/aromatic N) is 2. The number of alkyl carbamates (subject to hydrolysis) is 1. The van der Waals surface area contributed by atoms with Gasteiger partial charge < -0.3 is 19.7 Å². The topological polar surface area (TPSA) is 139 Å². The molecule has 246 valence electrons. The summed E-state index contributed by atoms with van der Waals surface area (Å²) in [6.07, 6.45) is 5.93. The summed E-state index contributed by atoms with van der Waals surface area (Å²) in [6.45, 7) is 10.2. The van der Waals surface area contributed by atoms with Gasteiger partial charge in [0, 0.05) is 41.0 Å². The SMILES string of the molecule is C.CC(C)OC(=O)NC1CCC(c2ncc(-c3ccc(NC(=O)OC[C@@H]4CCCN4C)cc3S(=O)(=O)NC(C)(C)C)s2)CC1. The molecule has 2 amide bonds. The number of amides is 2. The minimum absolute atomic E-state index is 0. The van der Waals surface area contributed by atoms with Crippen molar-refractivity contribution in [3.63, 3.8) is 0 Å². The number of carbonyl (C=O) groups excluding carboxylic acids is 2. The Kier molecular flexibility index (Phi) is 12.2. The molecule has 0 unspecified atom stereocenters. The van der Waals surface area contributed by atoms with Crippen LogP contribution < -0.4 is 15.4 Å². The number of ether oxygens (including phenoxy) is 2. The summed E-state index contributed by atoms with van der Waals surface area (Å²) < 4.78 is 40.6. The van der Waals surface area contributed by atoms with Crippen LogP contribution in [0.2, 0.25) is 0 Å². The Bertz CT molecular complexity index is 1380. The van der Waals surface area contributed by atoms with Crippen molar-refractivity contribution in [2.45, 2.75) is 115 Å². The predicted molar refractivity (Wildman–Crippen MR) is 175 cm³/mol. The zero-order chi connectivity index (χ0) is 31.4. The number of nitrogens with one attached hydrogen (secondary N) is 3. The van der Waals surface area contributed by atoms with Gasteiger partial charge >= 0.3 is 12.2 Å². The Morgan fingerprint density at radius 3 is 2.43 bits per heavy atom. The lowest BCUT2D eigenvalue weighted by molar-refractivity contribution is 0.109. The molecular weight excluding hydrogens is 603 g/mol. The quantitative estimate of drug-likeness (QED) is 0.286. The van der Waals surface area contributed by atoms with Gasteiger partial charge in [-0.2, -0.15) is 0 Å². The molecule has 1 atom stereocenters. The summed E-state index contributed by atoms with van der Waals surface area (Å²) in [5, 5.41) is 6.58. The first-order chi connectivity index (χ1) is 20.2. The highest BCUT2D eigenvalue weighted by Gasteiger charge is 2.29. The molecule has 3 N–H and O–H groups in total. The standard InChI is InChI=1S/C30H45N5O6S2.CH4/c1-19(2)41-29(37)32-21-11-9-20(10-12-21)27-31-17-25(42-27)24-14-13-22(16-26(24)43(38,39)34-30(3,4)5)33-28(36)40-18-23-8-7-15-35(23)6;/h13-14,16-17,19-21,23,34H,7-12,15,18H2,1-6H3,(H,32,37)(H,33,36);1H4/t20?,21?,23-;/m0./s1. The number of thiazole rings is 1. The Labute approximate surface area is 266 Å². The predicted octanol–water partition coefficient (Wildman–Crippen LogP) is 6.33. The molecule has 2 fully saturated rings. The van der Waals surface area contributed by atoms with Crippen molar-refractivity contribution in [3.8, 4) is 10.4 Å². The van der Waals surface area contributed by atoms with E-state index in [-0.39, 0.29) is 49.1 Å². The van der Waals surface area contributed by atoms with E-state index in [0.717, 1.165) is 55.0 Å². The third kappa shape index (κ3) is 9.88. The van der Waals surface area contributed by atoms with Crippen LogP contribution in [-0.4, -0.2) is 74.4 Å². The summed E-state index contributed by atoms with van der Waals surface area (Å²) in [5.41, 5.74) is 0.131. The Hall–Kier alpha value is -2.74. The number of likely N-dealkylation sites (N-methyl/N-ethyl adjacent to an activating group) is 1. The van der Waals surface area contributed by atoms with Crippen molar-refractivity contribution in [2.75, 3.05) is 25.5 Å². The number of rotatable bonds is 9. The molecule has 11 nitrogen and oxygen atoms in total.